The largest absolute Gasteiger partial charge is 0.379 e. The van der Waals surface area contributed by atoms with Gasteiger partial charge in [0.25, 0.3) is 0 Å². The van der Waals surface area contributed by atoms with Gasteiger partial charge in [-0.25, -0.2) is 0 Å². The molecule has 1 atom stereocenters. The van der Waals surface area contributed by atoms with Gasteiger partial charge in [0.05, 0.1) is 19.8 Å². The van der Waals surface area contributed by atoms with Crippen molar-refractivity contribution < 1.29 is 14.3 Å². The first kappa shape index (κ1) is 14.4. The molecular weight excluding hydrogens is 220 g/mol. The first-order chi connectivity index (χ1) is 8.08. The predicted molar refractivity (Wildman–Crippen MR) is 65.7 cm³/mol. The molecule has 0 aromatic carbocycles. The van der Waals surface area contributed by atoms with Crippen molar-refractivity contribution in [2.24, 2.45) is 5.73 Å². The zero-order chi connectivity index (χ0) is 12.7. The van der Waals surface area contributed by atoms with E-state index in [0.717, 1.165) is 25.9 Å². The van der Waals surface area contributed by atoms with E-state index in [9.17, 15) is 4.79 Å². The fourth-order valence-electron chi connectivity index (χ4n) is 1.50. The van der Waals surface area contributed by atoms with Crippen LogP contribution in [0, 0.1) is 0 Å². The lowest BCUT2D eigenvalue weighted by molar-refractivity contribution is -0.126. The molecule has 0 heterocycles. The molecule has 0 bridgehead atoms. The smallest absolute Gasteiger partial charge is 0.239 e. The lowest BCUT2D eigenvalue weighted by Crippen LogP contribution is -2.57. The Balaban J connectivity index is 2.17. The highest BCUT2D eigenvalue weighted by molar-refractivity contribution is 5.84. The van der Waals surface area contributed by atoms with Crippen molar-refractivity contribution in [2.45, 2.75) is 44.7 Å². The van der Waals surface area contributed by atoms with Crippen LogP contribution >= 0.6 is 0 Å². The van der Waals surface area contributed by atoms with Crippen LogP contribution in [0.5, 0.6) is 0 Å². The van der Waals surface area contributed by atoms with Gasteiger partial charge in [-0.15, -0.1) is 0 Å². The third kappa shape index (κ3) is 5.48. The molecule has 1 rings (SSSR count). The standard InChI is InChI=1S/C12H24N2O3/c1-3-6-16-7-8-17-9-12(2,11(13)15)14-10-4-5-10/h10,14H,3-9H2,1-2H3,(H2,13,15). The van der Waals surface area contributed by atoms with Crippen molar-refractivity contribution in [1.29, 1.82) is 0 Å². The maximum absolute atomic E-state index is 11.4. The number of carbonyl (C=O) groups is 1. The number of nitrogens with two attached hydrogens (primary N) is 1. The van der Waals surface area contributed by atoms with Gasteiger partial charge in [0.2, 0.25) is 5.91 Å². The van der Waals surface area contributed by atoms with Gasteiger partial charge >= 0.3 is 0 Å². The molecule has 1 unspecified atom stereocenters. The van der Waals surface area contributed by atoms with Crippen LogP contribution in [0.4, 0.5) is 0 Å². The Labute approximate surface area is 103 Å². The second kappa shape index (κ2) is 6.93. The summed E-state index contributed by atoms with van der Waals surface area (Å²) in [6.45, 7) is 5.96. The molecule has 3 N–H and O–H groups in total. The van der Waals surface area contributed by atoms with E-state index in [0.29, 0.717) is 25.9 Å². The molecule has 5 nitrogen and oxygen atoms in total. The van der Waals surface area contributed by atoms with E-state index >= 15 is 0 Å². The van der Waals surface area contributed by atoms with Crippen LogP contribution in [0.3, 0.4) is 0 Å². The fraction of sp³-hybridized carbons (Fsp3) is 0.917. The predicted octanol–water partition coefficient (Wildman–Crippen LogP) is 0.426. The maximum Gasteiger partial charge on any atom is 0.239 e. The van der Waals surface area contributed by atoms with E-state index in [1.165, 1.54) is 0 Å². The topological polar surface area (TPSA) is 73.6 Å². The van der Waals surface area contributed by atoms with Crippen molar-refractivity contribution in [3.63, 3.8) is 0 Å². The number of amides is 1. The molecular formula is C12H24N2O3. The van der Waals surface area contributed by atoms with Gasteiger partial charge < -0.3 is 15.2 Å². The summed E-state index contributed by atoms with van der Waals surface area (Å²) in [7, 11) is 0. The van der Waals surface area contributed by atoms with Crippen molar-refractivity contribution >= 4 is 5.91 Å². The molecule has 100 valence electrons. The average molecular weight is 244 g/mol. The lowest BCUT2D eigenvalue weighted by Gasteiger charge is -2.27. The zero-order valence-electron chi connectivity index (χ0n) is 10.8. The Bertz CT molecular complexity index is 244. The van der Waals surface area contributed by atoms with Crippen LogP contribution in [0.25, 0.3) is 0 Å². The molecule has 0 radical (unpaired) electrons. The van der Waals surface area contributed by atoms with Crippen LogP contribution in [-0.2, 0) is 14.3 Å². The maximum atomic E-state index is 11.4. The van der Waals surface area contributed by atoms with E-state index in [4.69, 9.17) is 15.2 Å². The summed E-state index contributed by atoms with van der Waals surface area (Å²) in [4.78, 5) is 11.4. The van der Waals surface area contributed by atoms with Crippen LogP contribution in [0.15, 0.2) is 0 Å². The van der Waals surface area contributed by atoms with Gasteiger partial charge in [-0.05, 0) is 26.2 Å². The molecule has 0 aliphatic heterocycles. The normalized spacial score (nSPS) is 18.9. The summed E-state index contributed by atoms with van der Waals surface area (Å²) < 4.78 is 10.7. The second-order valence-electron chi connectivity index (χ2n) is 4.78. The van der Waals surface area contributed by atoms with E-state index < -0.39 is 5.54 Å². The monoisotopic (exact) mass is 244 g/mol. The average Bonchev–Trinajstić information content (AvgIpc) is 3.07. The van der Waals surface area contributed by atoms with Gasteiger partial charge in [-0.1, -0.05) is 6.92 Å². The van der Waals surface area contributed by atoms with Gasteiger partial charge in [0.15, 0.2) is 0 Å². The third-order valence-corrected chi connectivity index (χ3v) is 2.76. The Morgan fingerprint density at radius 2 is 2.00 bits per heavy atom. The number of hydrogen-bond acceptors (Lipinski definition) is 4. The van der Waals surface area contributed by atoms with Gasteiger partial charge in [-0.2, -0.15) is 0 Å². The van der Waals surface area contributed by atoms with E-state index in [1.807, 2.05) is 0 Å². The molecule has 0 spiro atoms. The number of rotatable bonds is 10. The molecule has 0 aromatic rings. The lowest BCUT2D eigenvalue weighted by atomic mass is 10.0. The number of hydrogen-bond donors (Lipinski definition) is 2. The summed E-state index contributed by atoms with van der Waals surface area (Å²) in [6.07, 6.45) is 3.23. The second-order valence-corrected chi connectivity index (χ2v) is 4.78. The molecule has 17 heavy (non-hydrogen) atoms. The molecule has 1 aliphatic rings. The minimum absolute atomic E-state index is 0.300. The summed E-state index contributed by atoms with van der Waals surface area (Å²) in [5.74, 6) is -0.362. The minimum atomic E-state index is -0.758. The summed E-state index contributed by atoms with van der Waals surface area (Å²) >= 11 is 0. The van der Waals surface area contributed by atoms with Gasteiger partial charge in [0.1, 0.15) is 5.54 Å². The highest BCUT2D eigenvalue weighted by Crippen LogP contribution is 2.22. The number of primary amides is 1. The summed E-state index contributed by atoms with van der Waals surface area (Å²) in [6, 6.07) is 0.424. The Morgan fingerprint density at radius 3 is 2.53 bits per heavy atom. The zero-order valence-corrected chi connectivity index (χ0v) is 10.8. The van der Waals surface area contributed by atoms with E-state index in [2.05, 4.69) is 12.2 Å². The Kier molecular flexibility index (Phi) is 5.88. The molecule has 0 aromatic heterocycles. The Hall–Kier alpha value is -0.650. The quantitative estimate of drug-likeness (QED) is 0.546. The Morgan fingerprint density at radius 1 is 1.35 bits per heavy atom. The van der Waals surface area contributed by atoms with Crippen LogP contribution in [0.2, 0.25) is 0 Å². The summed E-state index contributed by atoms with van der Waals surface area (Å²) in [5, 5.41) is 3.23. The number of ether oxygens (including phenoxy) is 2. The molecule has 5 heteroatoms. The van der Waals surface area contributed by atoms with E-state index in [1.54, 1.807) is 6.92 Å². The van der Waals surface area contributed by atoms with Gasteiger partial charge in [0, 0.05) is 12.6 Å². The van der Waals surface area contributed by atoms with Crippen LogP contribution < -0.4 is 11.1 Å². The molecule has 1 fully saturated rings. The van der Waals surface area contributed by atoms with Gasteiger partial charge in [-0.3, -0.25) is 10.1 Å². The SMILES string of the molecule is CCCOCCOCC(C)(NC1CC1)C(N)=O. The van der Waals surface area contributed by atoms with Crippen molar-refractivity contribution in [3.8, 4) is 0 Å². The molecule has 1 saturated carbocycles. The van der Waals surface area contributed by atoms with Crippen molar-refractivity contribution in [2.75, 3.05) is 26.4 Å². The first-order valence-electron chi connectivity index (χ1n) is 6.31. The number of carbonyl (C=O) groups excluding carboxylic acids is 1. The fourth-order valence-corrected chi connectivity index (χ4v) is 1.50. The summed E-state index contributed by atoms with van der Waals surface area (Å²) in [5.41, 5.74) is 4.64. The highest BCUT2D eigenvalue weighted by Gasteiger charge is 2.37. The van der Waals surface area contributed by atoms with Crippen molar-refractivity contribution in [3.05, 3.63) is 0 Å². The van der Waals surface area contributed by atoms with Crippen LogP contribution in [0.1, 0.15) is 33.1 Å². The number of nitrogens with one attached hydrogen (secondary N) is 1. The third-order valence-electron chi connectivity index (χ3n) is 2.76. The molecule has 0 saturated heterocycles. The van der Waals surface area contributed by atoms with E-state index in [-0.39, 0.29) is 5.91 Å². The van der Waals surface area contributed by atoms with Crippen LogP contribution in [-0.4, -0.2) is 43.9 Å². The molecule has 1 amide bonds. The first-order valence-corrected chi connectivity index (χ1v) is 6.31. The highest BCUT2D eigenvalue weighted by atomic mass is 16.5. The molecule has 1 aliphatic carbocycles. The minimum Gasteiger partial charge on any atom is -0.379 e. The van der Waals surface area contributed by atoms with Crippen molar-refractivity contribution in [1.82, 2.24) is 5.32 Å².